The van der Waals surface area contributed by atoms with Gasteiger partial charge in [-0.3, -0.25) is 0 Å². The Kier molecular flexibility index (Phi) is 5.91. The van der Waals surface area contributed by atoms with Gasteiger partial charge < -0.3 is 9.47 Å². The number of tetrazole rings is 1. The number of rotatable bonds is 6. The summed E-state index contributed by atoms with van der Waals surface area (Å²) in [5.74, 6) is 0.272. The van der Waals surface area contributed by atoms with E-state index in [1.807, 2.05) is 25.1 Å². The van der Waals surface area contributed by atoms with Crippen LogP contribution >= 0.6 is 0 Å². The van der Waals surface area contributed by atoms with E-state index in [0.717, 1.165) is 21.4 Å². The maximum Gasteiger partial charge on any atom is 0.573 e. The highest BCUT2D eigenvalue weighted by molar-refractivity contribution is 5.65. The molecule has 33 heavy (non-hydrogen) atoms. The zero-order valence-corrected chi connectivity index (χ0v) is 17.7. The van der Waals surface area contributed by atoms with Gasteiger partial charge in [-0.2, -0.15) is 9.36 Å². The molecule has 0 aliphatic carbocycles. The molecule has 7 nitrogen and oxygen atoms in total. The molecule has 170 valence electrons. The van der Waals surface area contributed by atoms with Gasteiger partial charge in [0.15, 0.2) is 0 Å². The summed E-state index contributed by atoms with van der Waals surface area (Å²) in [5.41, 5.74) is 3.37. The van der Waals surface area contributed by atoms with Crippen molar-refractivity contribution in [1.29, 1.82) is 0 Å². The average molecular weight is 456 g/mol. The quantitative estimate of drug-likeness (QED) is 0.430. The van der Waals surface area contributed by atoms with Gasteiger partial charge in [0.1, 0.15) is 18.1 Å². The molecule has 1 aromatic heterocycles. The summed E-state index contributed by atoms with van der Waals surface area (Å²) >= 11 is 0. The summed E-state index contributed by atoms with van der Waals surface area (Å²) < 4.78 is 49.4. The van der Waals surface area contributed by atoms with Gasteiger partial charge in [-0.1, -0.05) is 36.4 Å². The van der Waals surface area contributed by atoms with E-state index in [-0.39, 0.29) is 18.0 Å². The molecule has 0 spiro atoms. The van der Waals surface area contributed by atoms with E-state index in [1.165, 1.54) is 23.9 Å². The Morgan fingerprint density at radius 2 is 1.64 bits per heavy atom. The second-order valence-electron chi connectivity index (χ2n) is 7.26. The van der Waals surface area contributed by atoms with E-state index in [1.54, 1.807) is 36.4 Å². The first-order chi connectivity index (χ1) is 15.7. The Bertz CT molecular complexity index is 1330. The Labute approximate surface area is 186 Å². The SMILES string of the molecule is Cc1cccc(-n2nnn(C)c2=O)c1COc1cccc(-c2ccc(OC(F)(F)F)cc2)c1. The van der Waals surface area contributed by atoms with Gasteiger partial charge in [0.2, 0.25) is 0 Å². The fourth-order valence-corrected chi connectivity index (χ4v) is 3.31. The van der Waals surface area contributed by atoms with Crippen LogP contribution in [0.4, 0.5) is 13.2 Å². The second-order valence-corrected chi connectivity index (χ2v) is 7.26. The number of aryl methyl sites for hydroxylation is 2. The summed E-state index contributed by atoms with van der Waals surface area (Å²) in [6.07, 6.45) is -4.74. The molecule has 10 heteroatoms. The van der Waals surface area contributed by atoms with Gasteiger partial charge in [-0.05, 0) is 64.4 Å². The van der Waals surface area contributed by atoms with Gasteiger partial charge in [0.05, 0.1) is 5.69 Å². The van der Waals surface area contributed by atoms with E-state index in [4.69, 9.17) is 4.74 Å². The normalized spacial score (nSPS) is 11.4. The van der Waals surface area contributed by atoms with Crippen molar-refractivity contribution in [3.05, 3.63) is 88.3 Å². The lowest BCUT2D eigenvalue weighted by atomic mass is 10.1. The number of hydrogen-bond acceptors (Lipinski definition) is 5. The second kappa shape index (κ2) is 8.81. The molecular weight excluding hydrogens is 437 g/mol. The number of ether oxygens (including phenoxy) is 2. The van der Waals surface area contributed by atoms with E-state index in [2.05, 4.69) is 15.2 Å². The maximum atomic E-state index is 12.4. The van der Waals surface area contributed by atoms with Crippen LogP contribution in [0.15, 0.2) is 71.5 Å². The van der Waals surface area contributed by atoms with E-state index >= 15 is 0 Å². The van der Waals surface area contributed by atoms with E-state index in [0.29, 0.717) is 17.0 Å². The summed E-state index contributed by atoms with van der Waals surface area (Å²) in [6, 6.07) is 18.3. The minimum Gasteiger partial charge on any atom is -0.489 e. The highest BCUT2D eigenvalue weighted by Gasteiger charge is 2.30. The first-order valence-corrected chi connectivity index (χ1v) is 9.88. The van der Waals surface area contributed by atoms with Crippen LogP contribution in [0.2, 0.25) is 0 Å². The molecule has 0 saturated carbocycles. The van der Waals surface area contributed by atoms with Crippen molar-refractivity contribution in [2.45, 2.75) is 19.9 Å². The first-order valence-electron chi connectivity index (χ1n) is 9.88. The van der Waals surface area contributed by atoms with Gasteiger partial charge >= 0.3 is 12.1 Å². The Hall–Kier alpha value is -4.08. The molecule has 0 bridgehead atoms. The zero-order chi connectivity index (χ0) is 23.6. The molecule has 0 saturated heterocycles. The number of hydrogen-bond donors (Lipinski definition) is 0. The maximum absolute atomic E-state index is 12.4. The lowest BCUT2D eigenvalue weighted by molar-refractivity contribution is -0.274. The van der Waals surface area contributed by atoms with Crippen LogP contribution in [0.25, 0.3) is 16.8 Å². The summed E-state index contributed by atoms with van der Waals surface area (Å²) in [7, 11) is 1.52. The summed E-state index contributed by atoms with van der Waals surface area (Å²) in [4.78, 5) is 12.3. The number of alkyl halides is 3. The lowest BCUT2D eigenvalue weighted by Gasteiger charge is -2.14. The van der Waals surface area contributed by atoms with E-state index < -0.39 is 6.36 Å². The van der Waals surface area contributed by atoms with Crippen molar-refractivity contribution < 1.29 is 22.6 Å². The molecule has 0 amide bonds. The molecular formula is C23H19F3N4O3. The predicted molar refractivity (Wildman–Crippen MR) is 114 cm³/mol. The number of aromatic nitrogens is 4. The Morgan fingerprint density at radius 1 is 0.909 bits per heavy atom. The minimum atomic E-state index is -4.74. The van der Waals surface area contributed by atoms with Crippen LogP contribution in [0.3, 0.4) is 0 Å². The molecule has 3 aromatic carbocycles. The lowest BCUT2D eigenvalue weighted by Crippen LogP contribution is -2.23. The molecule has 0 N–H and O–H groups in total. The molecule has 0 fully saturated rings. The predicted octanol–water partition coefficient (Wildman–Crippen LogP) is 4.42. The molecule has 0 radical (unpaired) electrons. The third-order valence-corrected chi connectivity index (χ3v) is 4.97. The third-order valence-electron chi connectivity index (χ3n) is 4.97. The fraction of sp³-hybridized carbons (Fsp3) is 0.174. The highest BCUT2D eigenvalue weighted by atomic mass is 19.4. The van der Waals surface area contributed by atoms with Crippen LogP contribution in [0.1, 0.15) is 11.1 Å². The average Bonchev–Trinajstić information content (AvgIpc) is 3.10. The smallest absolute Gasteiger partial charge is 0.489 e. The monoisotopic (exact) mass is 456 g/mol. The van der Waals surface area contributed by atoms with Crippen molar-refractivity contribution in [2.24, 2.45) is 7.05 Å². The van der Waals surface area contributed by atoms with Gasteiger partial charge in [0, 0.05) is 12.6 Å². The number of halogens is 3. The number of nitrogens with zero attached hydrogens (tertiary/aromatic N) is 4. The molecule has 4 rings (SSSR count). The largest absolute Gasteiger partial charge is 0.573 e. The highest BCUT2D eigenvalue weighted by Crippen LogP contribution is 2.29. The third kappa shape index (κ3) is 5.05. The van der Waals surface area contributed by atoms with Crippen molar-refractivity contribution >= 4 is 0 Å². The number of benzene rings is 3. The van der Waals surface area contributed by atoms with Crippen molar-refractivity contribution in [3.63, 3.8) is 0 Å². The molecule has 1 heterocycles. The minimum absolute atomic E-state index is 0.173. The molecule has 0 aliphatic rings. The van der Waals surface area contributed by atoms with Crippen molar-refractivity contribution in [2.75, 3.05) is 0 Å². The Balaban J connectivity index is 1.55. The van der Waals surface area contributed by atoms with Crippen LogP contribution in [-0.2, 0) is 13.7 Å². The van der Waals surface area contributed by atoms with Gasteiger partial charge in [0.25, 0.3) is 0 Å². The summed E-state index contributed by atoms with van der Waals surface area (Å²) in [6.45, 7) is 2.08. The van der Waals surface area contributed by atoms with E-state index in [9.17, 15) is 18.0 Å². The Morgan fingerprint density at radius 3 is 2.30 bits per heavy atom. The fourth-order valence-electron chi connectivity index (χ4n) is 3.31. The van der Waals surface area contributed by atoms with Crippen LogP contribution in [-0.4, -0.2) is 26.2 Å². The van der Waals surface area contributed by atoms with Crippen LogP contribution in [0.5, 0.6) is 11.5 Å². The molecule has 4 aromatic rings. The molecule has 0 aliphatic heterocycles. The van der Waals surface area contributed by atoms with Crippen molar-refractivity contribution in [1.82, 2.24) is 19.8 Å². The van der Waals surface area contributed by atoms with Gasteiger partial charge in [-0.25, -0.2) is 4.79 Å². The zero-order valence-electron chi connectivity index (χ0n) is 17.7. The van der Waals surface area contributed by atoms with Crippen LogP contribution in [0, 0.1) is 6.92 Å². The molecule has 0 atom stereocenters. The standard InChI is InChI=1S/C23H19F3N4O3/c1-15-5-3-8-21(30-22(31)29(2)27-28-30)20(15)14-32-19-7-4-6-17(13-19)16-9-11-18(12-10-16)33-23(24,25)26/h3-13H,14H2,1-2H3. The van der Waals surface area contributed by atoms with Crippen molar-refractivity contribution in [3.8, 4) is 28.3 Å². The van der Waals surface area contributed by atoms with Crippen LogP contribution < -0.4 is 15.2 Å². The first kappa shape index (κ1) is 22.1. The van der Waals surface area contributed by atoms with Gasteiger partial charge in [-0.15, -0.1) is 13.2 Å². The molecule has 0 unspecified atom stereocenters. The topological polar surface area (TPSA) is 71.2 Å². The summed E-state index contributed by atoms with van der Waals surface area (Å²) in [5, 5.41) is 7.66.